The summed E-state index contributed by atoms with van der Waals surface area (Å²) in [6, 6.07) is 0. The highest BCUT2D eigenvalue weighted by Crippen LogP contribution is 2.47. The monoisotopic (exact) mass is 251 g/mol. The first-order valence-corrected chi connectivity index (χ1v) is 7.85. The molecule has 0 aromatic rings. The second-order valence-corrected chi connectivity index (χ2v) is 8.24. The first kappa shape index (κ1) is 12.9. The van der Waals surface area contributed by atoms with Crippen LogP contribution in [0.25, 0.3) is 0 Å². The van der Waals surface area contributed by atoms with Crippen LogP contribution >= 0.6 is 0 Å². The molecule has 2 nitrogen and oxygen atoms in total. The molecule has 1 heterocycles. The van der Waals surface area contributed by atoms with Gasteiger partial charge in [0.1, 0.15) is 0 Å². The molecule has 3 fully saturated rings. The molecule has 18 heavy (non-hydrogen) atoms. The summed E-state index contributed by atoms with van der Waals surface area (Å²) in [7, 11) is 0. The fourth-order valence-corrected chi connectivity index (χ4v) is 4.42. The van der Waals surface area contributed by atoms with Crippen molar-refractivity contribution >= 4 is 0 Å². The number of β-amino-alcohol motifs (C(OH)–C–C–N with tert-alkyl or cyclic N) is 1. The van der Waals surface area contributed by atoms with E-state index in [1.165, 1.54) is 51.6 Å². The van der Waals surface area contributed by atoms with Gasteiger partial charge in [-0.15, -0.1) is 0 Å². The van der Waals surface area contributed by atoms with Gasteiger partial charge in [-0.2, -0.15) is 0 Å². The Bertz CT molecular complexity index is 299. The third-order valence-electron chi connectivity index (χ3n) is 5.83. The van der Waals surface area contributed by atoms with Crippen molar-refractivity contribution in [2.45, 2.75) is 70.8 Å². The molecule has 1 saturated heterocycles. The van der Waals surface area contributed by atoms with E-state index in [1.54, 1.807) is 0 Å². The van der Waals surface area contributed by atoms with Gasteiger partial charge in [-0.25, -0.2) is 0 Å². The Morgan fingerprint density at radius 2 is 1.44 bits per heavy atom. The first-order chi connectivity index (χ1) is 8.41. The van der Waals surface area contributed by atoms with Crippen LogP contribution < -0.4 is 0 Å². The molecule has 104 valence electrons. The van der Waals surface area contributed by atoms with E-state index < -0.39 is 0 Å². The minimum Gasteiger partial charge on any atom is -0.389 e. The standard InChI is InChI=1S/C16H29NO/c1-14(2)7-9-16(18,10-8-14)13-17-11-15(12-17)5-3-4-6-15/h18H,3-13H2,1-2H3. The lowest BCUT2D eigenvalue weighted by molar-refractivity contribution is -0.0924. The summed E-state index contributed by atoms with van der Waals surface area (Å²) in [6.07, 6.45) is 10.1. The minimum absolute atomic E-state index is 0.379. The molecular weight excluding hydrogens is 222 g/mol. The Morgan fingerprint density at radius 1 is 0.889 bits per heavy atom. The van der Waals surface area contributed by atoms with Crippen molar-refractivity contribution in [2.24, 2.45) is 10.8 Å². The van der Waals surface area contributed by atoms with E-state index in [-0.39, 0.29) is 5.60 Å². The van der Waals surface area contributed by atoms with Crippen LogP contribution in [0.4, 0.5) is 0 Å². The van der Waals surface area contributed by atoms with Gasteiger partial charge >= 0.3 is 0 Å². The van der Waals surface area contributed by atoms with E-state index in [0.717, 1.165) is 19.4 Å². The second kappa shape index (κ2) is 4.21. The van der Waals surface area contributed by atoms with E-state index in [1.807, 2.05) is 0 Å². The summed E-state index contributed by atoms with van der Waals surface area (Å²) in [5.41, 5.74) is 0.744. The number of nitrogens with zero attached hydrogens (tertiary/aromatic N) is 1. The lowest BCUT2D eigenvalue weighted by atomic mass is 9.70. The molecule has 2 saturated carbocycles. The van der Waals surface area contributed by atoms with Crippen LogP contribution in [0.5, 0.6) is 0 Å². The third kappa shape index (κ3) is 2.46. The zero-order valence-corrected chi connectivity index (χ0v) is 12.2. The molecule has 2 aliphatic carbocycles. The average Bonchev–Trinajstić information content (AvgIpc) is 2.72. The van der Waals surface area contributed by atoms with E-state index in [9.17, 15) is 5.11 Å². The van der Waals surface area contributed by atoms with E-state index in [0.29, 0.717) is 10.8 Å². The van der Waals surface area contributed by atoms with Gasteiger partial charge in [0.05, 0.1) is 5.60 Å². The van der Waals surface area contributed by atoms with Crippen LogP contribution in [-0.4, -0.2) is 35.2 Å². The largest absolute Gasteiger partial charge is 0.389 e. The Kier molecular flexibility index (Phi) is 3.02. The Hall–Kier alpha value is -0.0800. The van der Waals surface area contributed by atoms with Crippen molar-refractivity contribution in [3.63, 3.8) is 0 Å². The maximum atomic E-state index is 10.7. The number of aliphatic hydroxyl groups is 1. The van der Waals surface area contributed by atoms with Crippen molar-refractivity contribution in [3.05, 3.63) is 0 Å². The molecule has 3 rings (SSSR count). The number of hydrogen-bond donors (Lipinski definition) is 1. The van der Waals surface area contributed by atoms with Crippen LogP contribution in [0.3, 0.4) is 0 Å². The summed E-state index contributed by atoms with van der Waals surface area (Å²) in [5, 5.41) is 10.7. The van der Waals surface area contributed by atoms with E-state index >= 15 is 0 Å². The molecule has 2 heteroatoms. The number of rotatable bonds is 2. The summed E-state index contributed by atoms with van der Waals surface area (Å²) in [6.45, 7) is 8.13. The van der Waals surface area contributed by atoms with Gasteiger partial charge in [0.25, 0.3) is 0 Å². The molecule has 1 N–H and O–H groups in total. The zero-order valence-electron chi connectivity index (χ0n) is 12.2. The van der Waals surface area contributed by atoms with Crippen LogP contribution in [0.1, 0.15) is 65.2 Å². The summed E-state index contributed by atoms with van der Waals surface area (Å²) < 4.78 is 0. The topological polar surface area (TPSA) is 23.5 Å². The lowest BCUT2D eigenvalue weighted by Crippen LogP contribution is -2.59. The van der Waals surface area contributed by atoms with Crippen LogP contribution in [-0.2, 0) is 0 Å². The summed E-state index contributed by atoms with van der Waals surface area (Å²) in [5.74, 6) is 0. The van der Waals surface area contributed by atoms with Gasteiger partial charge < -0.3 is 5.11 Å². The van der Waals surface area contributed by atoms with Crippen LogP contribution in [0, 0.1) is 10.8 Å². The van der Waals surface area contributed by atoms with Crippen molar-refractivity contribution < 1.29 is 5.11 Å². The van der Waals surface area contributed by atoms with Crippen molar-refractivity contribution in [2.75, 3.05) is 19.6 Å². The molecule has 1 aliphatic heterocycles. The van der Waals surface area contributed by atoms with Gasteiger partial charge in [0, 0.05) is 19.6 Å². The normalized spacial score (nSPS) is 33.5. The molecule has 0 unspecified atom stereocenters. The first-order valence-electron chi connectivity index (χ1n) is 7.85. The maximum absolute atomic E-state index is 10.7. The molecule has 0 aromatic heterocycles. The zero-order chi connectivity index (χ0) is 12.9. The quantitative estimate of drug-likeness (QED) is 0.814. The maximum Gasteiger partial charge on any atom is 0.0774 e. The van der Waals surface area contributed by atoms with Gasteiger partial charge in [-0.3, -0.25) is 4.90 Å². The van der Waals surface area contributed by atoms with E-state index in [4.69, 9.17) is 0 Å². The Labute approximate surface area is 112 Å². The highest BCUT2D eigenvalue weighted by molar-refractivity contribution is 5.01. The van der Waals surface area contributed by atoms with Gasteiger partial charge in [-0.05, 0) is 49.4 Å². The molecule has 1 spiro atoms. The molecule has 3 aliphatic rings. The number of hydrogen-bond acceptors (Lipinski definition) is 2. The molecule has 0 radical (unpaired) electrons. The van der Waals surface area contributed by atoms with Gasteiger partial charge in [0.15, 0.2) is 0 Å². The fourth-order valence-electron chi connectivity index (χ4n) is 4.42. The van der Waals surface area contributed by atoms with Crippen LogP contribution in [0.15, 0.2) is 0 Å². The van der Waals surface area contributed by atoms with E-state index in [2.05, 4.69) is 18.7 Å². The second-order valence-electron chi connectivity index (χ2n) is 8.24. The Morgan fingerprint density at radius 3 is 2.00 bits per heavy atom. The van der Waals surface area contributed by atoms with Crippen molar-refractivity contribution in [1.29, 1.82) is 0 Å². The highest BCUT2D eigenvalue weighted by atomic mass is 16.3. The summed E-state index contributed by atoms with van der Waals surface area (Å²) in [4.78, 5) is 2.52. The minimum atomic E-state index is -0.379. The van der Waals surface area contributed by atoms with Crippen molar-refractivity contribution in [3.8, 4) is 0 Å². The highest BCUT2D eigenvalue weighted by Gasteiger charge is 2.47. The number of likely N-dealkylation sites (tertiary alicyclic amines) is 1. The third-order valence-corrected chi connectivity index (χ3v) is 5.83. The molecule has 0 aromatic carbocycles. The molecule has 0 atom stereocenters. The van der Waals surface area contributed by atoms with Crippen LogP contribution in [0.2, 0.25) is 0 Å². The summed E-state index contributed by atoms with van der Waals surface area (Å²) >= 11 is 0. The smallest absolute Gasteiger partial charge is 0.0774 e. The predicted molar refractivity (Wildman–Crippen MR) is 74.5 cm³/mol. The SMILES string of the molecule is CC1(C)CCC(O)(CN2CC3(CCCC3)C2)CC1. The van der Waals surface area contributed by atoms with Crippen molar-refractivity contribution in [1.82, 2.24) is 4.90 Å². The molecule has 0 bridgehead atoms. The average molecular weight is 251 g/mol. The Balaban J connectivity index is 1.49. The molecule has 0 amide bonds. The lowest BCUT2D eigenvalue weighted by Gasteiger charge is -2.52. The van der Waals surface area contributed by atoms with Gasteiger partial charge in [-0.1, -0.05) is 26.7 Å². The molecular formula is C16H29NO. The predicted octanol–water partition coefficient (Wildman–Crippen LogP) is 3.19. The van der Waals surface area contributed by atoms with Gasteiger partial charge in [0.2, 0.25) is 0 Å². The fraction of sp³-hybridized carbons (Fsp3) is 1.00.